The normalized spacial score (nSPS) is 21.6. The van der Waals surface area contributed by atoms with Crippen molar-refractivity contribution in [1.29, 1.82) is 0 Å². The third kappa shape index (κ3) is 3.43. The molecule has 2 aromatic heterocycles. The van der Waals surface area contributed by atoms with Gasteiger partial charge in [-0.1, -0.05) is 30.3 Å². The molecule has 6 rings (SSSR count). The molecule has 166 valence electrons. The van der Waals surface area contributed by atoms with Crippen molar-refractivity contribution in [3.8, 4) is 17.1 Å². The number of methoxy groups -OCH3 is 1. The van der Waals surface area contributed by atoms with Gasteiger partial charge >= 0.3 is 0 Å². The number of amides is 1. The van der Waals surface area contributed by atoms with Crippen LogP contribution in [0, 0.1) is 0 Å². The van der Waals surface area contributed by atoms with Gasteiger partial charge in [0.2, 0.25) is 0 Å². The van der Waals surface area contributed by atoms with Crippen LogP contribution in [-0.2, 0) is 6.42 Å². The second-order valence-corrected chi connectivity index (χ2v) is 8.60. The number of piperidine rings is 1. The fraction of sp³-hybridized carbons (Fsp3) is 0.280. The van der Waals surface area contributed by atoms with Crippen LogP contribution in [0.4, 0.5) is 0 Å². The highest BCUT2D eigenvalue weighted by Gasteiger charge is 2.47. The zero-order valence-corrected chi connectivity index (χ0v) is 18.3. The van der Waals surface area contributed by atoms with Crippen molar-refractivity contribution in [2.75, 3.05) is 13.7 Å². The van der Waals surface area contributed by atoms with E-state index in [1.165, 1.54) is 11.9 Å². The Morgan fingerprint density at radius 2 is 2.09 bits per heavy atom. The number of hydrazine groups is 1. The molecule has 2 bridgehead atoms. The lowest BCUT2D eigenvalue weighted by Gasteiger charge is -2.28. The fourth-order valence-corrected chi connectivity index (χ4v) is 5.13. The number of rotatable bonds is 5. The van der Waals surface area contributed by atoms with E-state index in [9.17, 15) is 4.79 Å². The van der Waals surface area contributed by atoms with Gasteiger partial charge in [0.1, 0.15) is 23.4 Å². The third-order valence-corrected chi connectivity index (χ3v) is 6.67. The fourth-order valence-electron chi connectivity index (χ4n) is 5.13. The zero-order chi connectivity index (χ0) is 22.4. The smallest absolute Gasteiger partial charge is 0.268 e. The number of fused-ring (bicyclic) bond motifs is 3. The Kier molecular flexibility index (Phi) is 4.80. The molecule has 0 radical (unpaired) electrons. The Morgan fingerprint density at radius 1 is 1.21 bits per heavy atom. The number of hydrogen-bond donors (Lipinski definition) is 1. The summed E-state index contributed by atoms with van der Waals surface area (Å²) in [5.74, 6) is 1.25. The molecule has 4 aromatic rings. The van der Waals surface area contributed by atoms with Crippen LogP contribution in [0.3, 0.4) is 0 Å². The molecule has 4 heterocycles. The molecule has 8 nitrogen and oxygen atoms in total. The highest BCUT2D eigenvalue weighted by Crippen LogP contribution is 2.38. The molecule has 0 aliphatic carbocycles. The molecule has 3 unspecified atom stereocenters. The zero-order valence-electron chi connectivity index (χ0n) is 18.3. The minimum absolute atomic E-state index is 0.0217. The SMILES string of the molecule is COc1cc(C(=O)N2C3CCN2C(Cc2ccccc2)C3)ccc1-c1nc2ncncc2[nH]1. The number of H-pyrrole nitrogens is 1. The van der Waals surface area contributed by atoms with Crippen LogP contribution in [0.2, 0.25) is 0 Å². The Balaban J connectivity index is 1.26. The van der Waals surface area contributed by atoms with Crippen LogP contribution < -0.4 is 4.74 Å². The van der Waals surface area contributed by atoms with E-state index in [2.05, 4.69) is 49.2 Å². The third-order valence-electron chi connectivity index (χ3n) is 6.67. The number of benzene rings is 2. The van der Waals surface area contributed by atoms with Gasteiger partial charge in [-0.25, -0.2) is 20.0 Å². The lowest BCUT2D eigenvalue weighted by molar-refractivity contribution is 0.0197. The molecular weight excluding hydrogens is 416 g/mol. The predicted molar refractivity (Wildman–Crippen MR) is 124 cm³/mol. The number of carbonyl (C=O) groups excluding carboxylic acids is 1. The molecule has 2 aromatic carbocycles. The predicted octanol–water partition coefficient (Wildman–Crippen LogP) is 3.48. The molecule has 33 heavy (non-hydrogen) atoms. The lowest BCUT2D eigenvalue weighted by atomic mass is 9.97. The van der Waals surface area contributed by atoms with Gasteiger partial charge < -0.3 is 9.72 Å². The quantitative estimate of drug-likeness (QED) is 0.511. The molecule has 2 fully saturated rings. The number of ether oxygens (including phenoxy) is 1. The summed E-state index contributed by atoms with van der Waals surface area (Å²) in [5, 5.41) is 4.23. The summed E-state index contributed by atoms with van der Waals surface area (Å²) in [7, 11) is 1.61. The van der Waals surface area contributed by atoms with Gasteiger partial charge in [-0.05, 0) is 43.0 Å². The first kappa shape index (κ1) is 19.9. The van der Waals surface area contributed by atoms with Crippen LogP contribution in [0.15, 0.2) is 61.1 Å². The summed E-state index contributed by atoms with van der Waals surface area (Å²) in [5.41, 5.74) is 4.04. The van der Waals surface area contributed by atoms with Gasteiger partial charge in [0.25, 0.3) is 5.91 Å². The number of nitrogens with one attached hydrogen (secondary N) is 1. The monoisotopic (exact) mass is 440 g/mol. The van der Waals surface area contributed by atoms with Crippen LogP contribution in [-0.4, -0.2) is 61.6 Å². The van der Waals surface area contributed by atoms with Crippen molar-refractivity contribution < 1.29 is 9.53 Å². The summed E-state index contributed by atoms with van der Waals surface area (Å²) in [4.78, 5) is 29.5. The van der Waals surface area contributed by atoms with E-state index < -0.39 is 0 Å². The molecule has 2 aliphatic heterocycles. The van der Waals surface area contributed by atoms with Crippen LogP contribution in [0.5, 0.6) is 5.75 Å². The average Bonchev–Trinajstić information content (AvgIpc) is 3.56. The second-order valence-electron chi connectivity index (χ2n) is 8.60. The van der Waals surface area contributed by atoms with E-state index in [1.54, 1.807) is 13.3 Å². The maximum Gasteiger partial charge on any atom is 0.268 e. The maximum absolute atomic E-state index is 13.5. The van der Waals surface area contributed by atoms with Crippen molar-refractivity contribution in [2.24, 2.45) is 0 Å². The van der Waals surface area contributed by atoms with Crippen LogP contribution in [0.1, 0.15) is 28.8 Å². The van der Waals surface area contributed by atoms with E-state index in [1.807, 2.05) is 29.3 Å². The molecule has 2 saturated heterocycles. The highest BCUT2D eigenvalue weighted by molar-refractivity contribution is 5.96. The summed E-state index contributed by atoms with van der Waals surface area (Å²) in [6.07, 6.45) is 6.14. The van der Waals surface area contributed by atoms with E-state index in [0.29, 0.717) is 28.8 Å². The number of aromatic amines is 1. The number of aromatic nitrogens is 4. The Labute approximate surface area is 191 Å². The van der Waals surface area contributed by atoms with Gasteiger partial charge in [-0.15, -0.1) is 0 Å². The highest BCUT2D eigenvalue weighted by atomic mass is 16.5. The van der Waals surface area contributed by atoms with Gasteiger partial charge in [0.15, 0.2) is 5.65 Å². The molecule has 3 atom stereocenters. The van der Waals surface area contributed by atoms with Crippen molar-refractivity contribution in [3.63, 3.8) is 0 Å². The topological polar surface area (TPSA) is 87.2 Å². The Bertz CT molecular complexity index is 1290. The van der Waals surface area contributed by atoms with Crippen LogP contribution >= 0.6 is 0 Å². The summed E-state index contributed by atoms with van der Waals surface area (Å²) in [6.45, 7) is 0.920. The van der Waals surface area contributed by atoms with Crippen molar-refractivity contribution in [3.05, 3.63) is 72.2 Å². The number of hydrogen-bond acceptors (Lipinski definition) is 6. The molecule has 1 N–H and O–H groups in total. The molecule has 2 aliphatic rings. The van der Waals surface area contributed by atoms with Crippen molar-refractivity contribution >= 4 is 17.1 Å². The van der Waals surface area contributed by atoms with Crippen LogP contribution in [0.25, 0.3) is 22.6 Å². The first-order valence-corrected chi connectivity index (χ1v) is 11.2. The molecule has 1 amide bonds. The van der Waals surface area contributed by atoms with E-state index >= 15 is 0 Å². The minimum Gasteiger partial charge on any atom is -0.496 e. The number of imidazole rings is 1. The maximum atomic E-state index is 13.5. The average molecular weight is 441 g/mol. The standard InChI is InChI=1S/C25H24N6O2/c1-33-22-12-17(7-8-20(22)23-28-21-14-26-15-27-24(21)29-23)25(32)31-18-9-10-30(31)19(13-18)11-16-5-3-2-4-6-16/h2-8,12,14-15,18-19H,9-11,13H2,1H3,(H,26,27,28,29). The van der Waals surface area contributed by atoms with Crippen molar-refractivity contribution in [1.82, 2.24) is 30.0 Å². The Hall–Kier alpha value is -3.78. The molecule has 0 spiro atoms. The van der Waals surface area contributed by atoms with E-state index in [-0.39, 0.29) is 11.9 Å². The van der Waals surface area contributed by atoms with E-state index in [4.69, 9.17) is 4.74 Å². The molecule has 0 saturated carbocycles. The van der Waals surface area contributed by atoms with Crippen molar-refractivity contribution in [2.45, 2.75) is 31.3 Å². The largest absolute Gasteiger partial charge is 0.496 e. The first-order valence-electron chi connectivity index (χ1n) is 11.2. The summed E-state index contributed by atoms with van der Waals surface area (Å²) >= 11 is 0. The molecular formula is C25H24N6O2. The summed E-state index contributed by atoms with van der Waals surface area (Å²) < 4.78 is 5.64. The molecule has 8 heteroatoms. The minimum atomic E-state index is 0.0217. The second kappa shape index (κ2) is 7.97. The summed E-state index contributed by atoms with van der Waals surface area (Å²) in [6, 6.07) is 16.7. The van der Waals surface area contributed by atoms with Gasteiger partial charge in [-0.3, -0.25) is 9.80 Å². The Morgan fingerprint density at radius 3 is 2.91 bits per heavy atom. The first-order chi connectivity index (χ1) is 16.2. The lowest BCUT2D eigenvalue weighted by Crippen LogP contribution is -2.42. The number of carbonyl (C=O) groups is 1. The van der Waals surface area contributed by atoms with E-state index in [0.717, 1.165) is 36.9 Å². The van der Waals surface area contributed by atoms with Gasteiger partial charge in [0, 0.05) is 18.2 Å². The van der Waals surface area contributed by atoms with Gasteiger partial charge in [0.05, 0.1) is 24.9 Å². The van der Waals surface area contributed by atoms with Gasteiger partial charge in [-0.2, -0.15) is 0 Å². The number of nitrogens with zero attached hydrogens (tertiary/aromatic N) is 5.